The number of hydrogen-bond donors (Lipinski definition) is 3. The van der Waals surface area contributed by atoms with Gasteiger partial charge in [0, 0.05) is 35.0 Å². The van der Waals surface area contributed by atoms with Crippen molar-refractivity contribution >= 4 is 160 Å². The largest absolute Gasteiger partial charge is 0.506 e. The molecule has 2 aliphatic rings. The molecule has 4 rings (SSSR count). The molecule has 1 heterocycles. The zero-order valence-electron chi connectivity index (χ0n) is 22.9. The van der Waals surface area contributed by atoms with Gasteiger partial charge in [-0.2, -0.15) is 0 Å². The summed E-state index contributed by atoms with van der Waals surface area (Å²) in [5.74, 6) is -0.620. The number of carbonyl (C=O) groups is 2. The summed E-state index contributed by atoms with van der Waals surface area (Å²) in [5, 5.41) is 13.6. The van der Waals surface area contributed by atoms with Crippen molar-refractivity contribution < 1.29 is 23.8 Å². The van der Waals surface area contributed by atoms with Crippen molar-refractivity contribution in [2.24, 2.45) is 5.73 Å². The quantitative estimate of drug-likeness (QED) is 0.0341. The fraction of sp³-hybridized carbons (Fsp3) is 0.276. The molecule has 16 heteroatoms. The maximum Gasteiger partial charge on any atom is 0.340 e. The van der Waals surface area contributed by atoms with Crippen LogP contribution >= 0.6 is 137 Å². The number of aromatic hydroxyl groups is 1. The summed E-state index contributed by atoms with van der Waals surface area (Å²) in [7, 11) is 0. The Balaban J connectivity index is 1.81. The summed E-state index contributed by atoms with van der Waals surface area (Å²) >= 11 is 34.4. The Kier molecular flexibility index (Phi) is 13.9. The molecule has 45 heavy (non-hydrogen) atoms. The van der Waals surface area contributed by atoms with E-state index in [0.717, 1.165) is 0 Å². The number of amides is 1. The summed E-state index contributed by atoms with van der Waals surface area (Å²) in [5.41, 5.74) is 6.36. The van der Waals surface area contributed by atoms with Gasteiger partial charge in [0.1, 0.15) is 9.32 Å². The van der Waals surface area contributed by atoms with E-state index in [9.17, 15) is 19.5 Å². The van der Waals surface area contributed by atoms with Gasteiger partial charge in [-0.05, 0) is 135 Å². The number of esters is 1. The molecule has 1 aliphatic heterocycles. The van der Waals surface area contributed by atoms with Crippen LogP contribution in [0.3, 0.4) is 0 Å². The molecule has 2 aromatic carbocycles. The Bertz CT molecular complexity index is 1850. The van der Waals surface area contributed by atoms with Gasteiger partial charge in [0.25, 0.3) is 0 Å². The highest BCUT2D eigenvalue weighted by molar-refractivity contribution is 14.1. The number of nitrogens with two attached hydrogens (primary N) is 1. The van der Waals surface area contributed by atoms with Crippen LogP contribution in [-0.2, 0) is 9.53 Å². The summed E-state index contributed by atoms with van der Waals surface area (Å²) < 4.78 is 13.5. The van der Waals surface area contributed by atoms with Gasteiger partial charge in [0.05, 0.1) is 43.0 Å². The first-order chi connectivity index (χ1) is 21.3. The van der Waals surface area contributed by atoms with Crippen molar-refractivity contribution in [3.63, 3.8) is 0 Å². The van der Waals surface area contributed by atoms with Crippen molar-refractivity contribution in [2.45, 2.75) is 32.1 Å². The number of rotatable bonds is 11. The molecule has 0 bridgehead atoms. The smallest absolute Gasteiger partial charge is 0.340 e. The number of hydrogen-bond acceptors (Lipinski definition) is 7. The normalized spacial score (nSPS) is 11.4. The van der Waals surface area contributed by atoms with E-state index in [4.69, 9.17) is 61.3 Å². The van der Waals surface area contributed by atoms with Crippen LogP contribution in [0.4, 0.5) is 0 Å². The number of phenols is 1. The van der Waals surface area contributed by atoms with E-state index in [1.165, 1.54) is 0 Å². The third kappa shape index (κ3) is 8.05. The van der Waals surface area contributed by atoms with Crippen LogP contribution in [0.15, 0.2) is 21.3 Å². The van der Waals surface area contributed by atoms with Crippen molar-refractivity contribution in [1.82, 2.24) is 5.32 Å². The second kappa shape index (κ2) is 16.5. The van der Waals surface area contributed by atoms with Gasteiger partial charge in [-0.15, -0.1) is 0 Å². The molecule has 1 aliphatic carbocycles. The highest BCUT2D eigenvalue weighted by Crippen LogP contribution is 2.52. The van der Waals surface area contributed by atoms with E-state index in [-0.39, 0.29) is 66.3 Å². The molecule has 0 saturated carbocycles. The van der Waals surface area contributed by atoms with Crippen LogP contribution in [0, 0.1) is 14.3 Å². The fourth-order valence-corrected chi connectivity index (χ4v) is 9.14. The number of benzene rings is 3. The van der Waals surface area contributed by atoms with Gasteiger partial charge in [0.2, 0.25) is 11.3 Å². The Morgan fingerprint density at radius 3 is 2.27 bits per heavy atom. The van der Waals surface area contributed by atoms with E-state index in [0.29, 0.717) is 76.0 Å². The molecule has 0 saturated heterocycles. The summed E-state index contributed by atoms with van der Waals surface area (Å²) in [6.07, 6.45) is 2.83. The summed E-state index contributed by atoms with van der Waals surface area (Å²) in [6, 6.07) is 3.32. The van der Waals surface area contributed by atoms with Crippen molar-refractivity contribution in [3.8, 4) is 28.2 Å². The zero-order chi connectivity index (χ0) is 33.2. The number of halogens is 8. The molecule has 2 aromatic rings. The average molecular weight is 1140 g/mol. The summed E-state index contributed by atoms with van der Waals surface area (Å²) in [4.78, 5) is 38.6. The van der Waals surface area contributed by atoms with Crippen LogP contribution < -0.4 is 16.5 Å². The highest BCUT2D eigenvalue weighted by atomic mass is 127. The summed E-state index contributed by atoms with van der Waals surface area (Å²) in [6.45, 7) is 1.10. The second-order valence-corrected chi connectivity index (χ2v) is 15.7. The predicted molar refractivity (Wildman–Crippen MR) is 213 cm³/mol. The molecular weight excluding hydrogens is 1120 g/mol. The first kappa shape index (κ1) is 37.7. The molecule has 0 fully saturated rings. The Morgan fingerprint density at radius 2 is 1.58 bits per heavy atom. The predicted octanol–water partition coefficient (Wildman–Crippen LogP) is 9.48. The average Bonchev–Trinajstić information content (AvgIpc) is 3.01. The Morgan fingerprint density at radius 1 is 0.889 bits per heavy atom. The minimum atomic E-state index is -0.787. The van der Waals surface area contributed by atoms with Gasteiger partial charge in [-0.25, -0.2) is 4.79 Å². The van der Waals surface area contributed by atoms with Gasteiger partial charge >= 0.3 is 5.97 Å². The van der Waals surface area contributed by atoms with E-state index in [1.54, 1.807) is 12.1 Å². The minimum Gasteiger partial charge on any atom is -0.506 e. The maximum atomic E-state index is 13.8. The molecular formula is C29H22Cl4I4N2O6. The molecule has 1 amide bonds. The molecule has 0 aromatic heterocycles. The fourth-order valence-electron chi connectivity index (χ4n) is 4.54. The molecule has 0 unspecified atom stereocenters. The van der Waals surface area contributed by atoms with E-state index >= 15 is 0 Å². The van der Waals surface area contributed by atoms with Crippen molar-refractivity contribution in [2.75, 3.05) is 19.7 Å². The minimum absolute atomic E-state index is 0.00782. The number of nitrogens with one attached hydrogen (secondary N) is 1. The topological polar surface area (TPSA) is 132 Å². The van der Waals surface area contributed by atoms with E-state index in [1.807, 2.05) is 90.4 Å². The standard InChI is InChI=1S/C29H22Cl4I4N2O6/c30-19-17(16-11-9-13(34)25(41)23(36)27(11)45-28-12(16)10-14(35)26(42)24(28)37)18(20(31)22(33)21(19)32)29(43)44-8-3-1-2-5-15(40)39-7-4-6-38/h9-10,41H,1-8,38H2,(H,39,40). The molecule has 240 valence electrons. The lowest BCUT2D eigenvalue weighted by atomic mass is 9.90. The van der Waals surface area contributed by atoms with Gasteiger partial charge in [-0.3, -0.25) is 9.59 Å². The number of ether oxygens (including phenoxy) is 1. The lowest BCUT2D eigenvalue weighted by molar-refractivity contribution is -0.121. The van der Waals surface area contributed by atoms with Crippen LogP contribution in [0.2, 0.25) is 20.1 Å². The Labute approximate surface area is 332 Å². The molecule has 0 atom stereocenters. The van der Waals surface area contributed by atoms with Crippen LogP contribution in [0.5, 0.6) is 5.75 Å². The van der Waals surface area contributed by atoms with E-state index < -0.39 is 5.97 Å². The zero-order valence-corrected chi connectivity index (χ0v) is 34.6. The number of phenolic OH excluding ortho intramolecular Hbond substituents is 1. The SMILES string of the molecule is NCCCNC(=O)CCCCCOC(=O)c1c(Cl)c(Cl)c(Cl)c(Cl)c1-c1c2cc(I)c(=O)c(I)c-2oc2c(I)c(O)c(I)cc12. The van der Waals surface area contributed by atoms with Crippen LogP contribution in [0.1, 0.15) is 42.5 Å². The lowest BCUT2D eigenvalue weighted by Gasteiger charge is -2.22. The second-order valence-electron chi connectivity index (χ2n) is 9.70. The van der Waals surface area contributed by atoms with E-state index in [2.05, 4.69) is 5.32 Å². The van der Waals surface area contributed by atoms with Crippen molar-refractivity contribution in [3.05, 3.63) is 62.3 Å². The van der Waals surface area contributed by atoms with Gasteiger partial charge < -0.3 is 25.3 Å². The number of fused-ring (bicyclic) bond motifs is 2. The van der Waals surface area contributed by atoms with Crippen molar-refractivity contribution in [1.29, 1.82) is 0 Å². The first-order valence-electron chi connectivity index (χ1n) is 13.3. The monoisotopic (exact) mass is 1140 g/mol. The molecule has 0 spiro atoms. The van der Waals surface area contributed by atoms with Crippen LogP contribution in [0.25, 0.3) is 33.4 Å². The number of unbranched alkanes of at least 4 members (excludes halogenated alkanes) is 2. The first-order valence-corrected chi connectivity index (χ1v) is 19.1. The highest BCUT2D eigenvalue weighted by Gasteiger charge is 2.33. The number of carbonyl (C=O) groups excluding carboxylic acids is 2. The van der Waals surface area contributed by atoms with Gasteiger partial charge in [0.15, 0.2) is 11.3 Å². The molecule has 4 N–H and O–H groups in total. The van der Waals surface area contributed by atoms with Gasteiger partial charge in [-0.1, -0.05) is 46.4 Å². The third-order valence-electron chi connectivity index (χ3n) is 6.73. The Hall–Kier alpha value is -0.0900. The maximum absolute atomic E-state index is 13.8. The lowest BCUT2D eigenvalue weighted by Crippen LogP contribution is -2.25. The molecule has 8 nitrogen and oxygen atoms in total. The molecule has 0 radical (unpaired) electrons. The third-order valence-corrected chi connectivity index (χ3v) is 12.1. The van der Waals surface area contributed by atoms with Crippen LogP contribution in [-0.4, -0.2) is 36.7 Å².